The molecule has 3 aromatic carbocycles. The van der Waals surface area contributed by atoms with Gasteiger partial charge in [0.1, 0.15) is 18.1 Å². The highest BCUT2D eigenvalue weighted by molar-refractivity contribution is 6.31. The minimum Gasteiger partial charge on any atom is -0.489 e. The number of carbonyl (C=O) groups is 1. The summed E-state index contributed by atoms with van der Waals surface area (Å²) in [6.45, 7) is 2.08. The molecule has 0 bridgehead atoms. The van der Waals surface area contributed by atoms with Crippen molar-refractivity contribution in [3.63, 3.8) is 0 Å². The number of hydrogen-bond donors (Lipinski definition) is 0. The largest absolute Gasteiger partial charge is 0.489 e. The molecule has 3 aromatic rings. The van der Waals surface area contributed by atoms with E-state index in [1.165, 1.54) is 18.2 Å². The van der Waals surface area contributed by atoms with Crippen molar-refractivity contribution < 1.29 is 19.2 Å². The Morgan fingerprint density at radius 3 is 2.70 bits per heavy atom. The van der Waals surface area contributed by atoms with Crippen LogP contribution in [0.1, 0.15) is 27.0 Å². The zero-order valence-corrected chi connectivity index (χ0v) is 16.7. The van der Waals surface area contributed by atoms with E-state index in [4.69, 9.17) is 21.1 Å². The molecule has 1 aliphatic rings. The lowest BCUT2D eigenvalue weighted by atomic mass is 10.0. The Kier molecular flexibility index (Phi) is 5.25. The first-order valence-corrected chi connectivity index (χ1v) is 9.50. The maximum Gasteiger partial charge on any atom is 0.270 e. The molecule has 0 N–H and O–H groups in total. The molecular weight excluding hydrogens is 406 g/mol. The van der Waals surface area contributed by atoms with Gasteiger partial charge in [-0.05, 0) is 36.3 Å². The topological polar surface area (TPSA) is 78.7 Å². The van der Waals surface area contributed by atoms with Gasteiger partial charge < -0.3 is 9.47 Å². The Bertz CT molecular complexity index is 1200. The molecule has 0 unspecified atom stereocenters. The van der Waals surface area contributed by atoms with E-state index in [0.717, 1.165) is 5.56 Å². The first-order chi connectivity index (χ1) is 14.4. The highest BCUT2D eigenvalue weighted by Gasteiger charge is 2.30. The predicted molar refractivity (Wildman–Crippen MR) is 113 cm³/mol. The summed E-state index contributed by atoms with van der Waals surface area (Å²) in [7, 11) is 0. The van der Waals surface area contributed by atoms with E-state index in [9.17, 15) is 14.9 Å². The van der Waals surface area contributed by atoms with Crippen LogP contribution in [0.15, 0.2) is 66.4 Å². The van der Waals surface area contributed by atoms with Gasteiger partial charge >= 0.3 is 0 Å². The number of aryl methyl sites for hydroxylation is 1. The van der Waals surface area contributed by atoms with Crippen molar-refractivity contribution in [3.8, 4) is 11.5 Å². The first kappa shape index (κ1) is 19.7. The van der Waals surface area contributed by atoms with Gasteiger partial charge in [-0.1, -0.05) is 41.9 Å². The molecule has 0 saturated carbocycles. The summed E-state index contributed by atoms with van der Waals surface area (Å²) < 4.78 is 11.6. The third-order valence-electron chi connectivity index (χ3n) is 4.67. The van der Waals surface area contributed by atoms with Crippen LogP contribution in [0.4, 0.5) is 5.69 Å². The summed E-state index contributed by atoms with van der Waals surface area (Å²) in [6.07, 6.45) is 1.50. The van der Waals surface area contributed by atoms with Crippen LogP contribution in [0, 0.1) is 17.0 Å². The summed E-state index contributed by atoms with van der Waals surface area (Å²) in [5, 5.41) is 11.6. The second kappa shape index (κ2) is 8.00. The fourth-order valence-corrected chi connectivity index (χ4v) is 3.41. The van der Waals surface area contributed by atoms with Gasteiger partial charge in [0.05, 0.1) is 10.5 Å². The zero-order valence-electron chi connectivity index (χ0n) is 15.9. The minimum absolute atomic E-state index is 0.0567. The van der Waals surface area contributed by atoms with E-state index in [-0.39, 0.29) is 23.8 Å². The number of nitro benzene ring substituents is 1. The highest BCUT2D eigenvalue weighted by atomic mass is 35.5. The molecule has 4 rings (SSSR count). The molecule has 0 aliphatic carbocycles. The number of nitrogens with zero attached hydrogens (tertiary/aromatic N) is 1. The van der Waals surface area contributed by atoms with Crippen LogP contribution in [0.3, 0.4) is 0 Å². The van der Waals surface area contributed by atoms with E-state index in [0.29, 0.717) is 33.2 Å². The SMILES string of the molecule is Cc1cc(OCc2ccccc2Cl)cc2c1C(=O)/C(=C/c1cccc([N+](=O)[O-])c1)O2. The molecule has 150 valence electrons. The number of carbonyl (C=O) groups excluding carboxylic acids is 1. The van der Waals surface area contributed by atoms with Crippen molar-refractivity contribution in [2.75, 3.05) is 0 Å². The van der Waals surface area contributed by atoms with Crippen LogP contribution < -0.4 is 9.47 Å². The molecular formula is C23H16ClNO5. The highest BCUT2D eigenvalue weighted by Crippen LogP contribution is 2.38. The van der Waals surface area contributed by atoms with Gasteiger partial charge in [-0.25, -0.2) is 0 Å². The fraction of sp³-hybridized carbons (Fsp3) is 0.0870. The van der Waals surface area contributed by atoms with Crippen LogP contribution in [-0.4, -0.2) is 10.7 Å². The zero-order chi connectivity index (χ0) is 21.3. The Labute approximate surface area is 177 Å². The van der Waals surface area contributed by atoms with Crippen LogP contribution in [0.5, 0.6) is 11.5 Å². The number of non-ortho nitro benzene ring substituents is 1. The summed E-state index contributed by atoms with van der Waals surface area (Å²) >= 11 is 6.16. The summed E-state index contributed by atoms with van der Waals surface area (Å²) in [4.78, 5) is 23.3. The standard InChI is InChI=1S/C23H16ClNO5/c1-14-9-18(29-13-16-6-2-3-8-19(16)24)12-20-22(14)23(26)21(30-20)11-15-5-4-7-17(10-15)25(27)28/h2-12H,13H2,1H3/b21-11-. The summed E-state index contributed by atoms with van der Waals surface area (Å²) in [5.41, 5.74) is 2.47. The number of halogens is 1. The number of nitro groups is 1. The van der Waals surface area contributed by atoms with Gasteiger partial charge in [-0.3, -0.25) is 14.9 Å². The smallest absolute Gasteiger partial charge is 0.270 e. The van der Waals surface area contributed by atoms with Crippen molar-refractivity contribution in [1.29, 1.82) is 0 Å². The van der Waals surface area contributed by atoms with Crippen molar-refractivity contribution in [3.05, 3.63) is 104 Å². The van der Waals surface area contributed by atoms with Gasteiger partial charge in [0, 0.05) is 28.8 Å². The maximum absolute atomic E-state index is 12.8. The third kappa shape index (κ3) is 3.90. The van der Waals surface area contributed by atoms with Gasteiger partial charge in [-0.15, -0.1) is 0 Å². The average molecular weight is 422 g/mol. The summed E-state index contributed by atoms with van der Waals surface area (Å²) in [6, 6.07) is 16.8. The van der Waals surface area contributed by atoms with E-state index in [2.05, 4.69) is 0 Å². The van der Waals surface area contributed by atoms with E-state index < -0.39 is 4.92 Å². The Morgan fingerprint density at radius 2 is 1.93 bits per heavy atom. The quantitative estimate of drug-likeness (QED) is 0.297. The van der Waals surface area contributed by atoms with Gasteiger partial charge in [0.25, 0.3) is 5.69 Å². The molecule has 30 heavy (non-hydrogen) atoms. The molecule has 1 heterocycles. The summed E-state index contributed by atoms with van der Waals surface area (Å²) in [5.74, 6) is 0.782. The number of ketones is 1. The molecule has 7 heteroatoms. The number of Topliss-reactive ketones (excluding diaryl/α,β-unsaturated/α-hetero) is 1. The molecule has 0 spiro atoms. The van der Waals surface area contributed by atoms with Crippen molar-refractivity contribution in [2.45, 2.75) is 13.5 Å². The second-order valence-electron chi connectivity index (χ2n) is 6.79. The van der Waals surface area contributed by atoms with Gasteiger partial charge in [0.15, 0.2) is 5.76 Å². The number of benzene rings is 3. The monoisotopic (exact) mass is 421 g/mol. The second-order valence-corrected chi connectivity index (χ2v) is 7.19. The number of hydrogen-bond acceptors (Lipinski definition) is 5. The minimum atomic E-state index is -0.485. The first-order valence-electron chi connectivity index (χ1n) is 9.12. The molecule has 0 amide bonds. The van der Waals surface area contributed by atoms with Gasteiger partial charge in [0.2, 0.25) is 5.78 Å². The number of rotatable bonds is 5. The third-order valence-corrected chi connectivity index (χ3v) is 5.04. The molecule has 0 atom stereocenters. The number of allylic oxidation sites excluding steroid dienone is 1. The van der Waals surface area contributed by atoms with Crippen molar-refractivity contribution >= 4 is 29.1 Å². The molecule has 1 aliphatic heterocycles. The number of ether oxygens (including phenoxy) is 2. The molecule has 6 nitrogen and oxygen atoms in total. The Hall–Kier alpha value is -3.64. The molecule has 0 radical (unpaired) electrons. The van der Waals surface area contributed by atoms with Crippen LogP contribution in [0.25, 0.3) is 6.08 Å². The normalized spacial score (nSPS) is 13.8. The Balaban J connectivity index is 1.58. The van der Waals surface area contributed by atoms with Crippen LogP contribution >= 0.6 is 11.6 Å². The van der Waals surface area contributed by atoms with Crippen molar-refractivity contribution in [2.24, 2.45) is 0 Å². The lowest BCUT2D eigenvalue weighted by Gasteiger charge is -2.10. The van der Waals surface area contributed by atoms with Crippen LogP contribution in [0.2, 0.25) is 5.02 Å². The molecule has 0 saturated heterocycles. The molecule has 0 aromatic heterocycles. The van der Waals surface area contributed by atoms with E-state index in [1.807, 2.05) is 18.2 Å². The fourth-order valence-electron chi connectivity index (χ4n) is 3.22. The predicted octanol–water partition coefficient (Wildman–Crippen LogP) is 5.75. The lowest BCUT2D eigenvalue weighted by Crippen LogP contribution is -2.00. The van der Waals surface area contributed by atoms with Gasteiger partial charge in [-0.2, -0.15) is 0 Å². The van der Waals surface area contributed by atoms with Crippen LogP contribution in [-0.2, 0) is 6.61 Å². The van der Waals surface area contributed by atoms with E-state index in [1.54, 1.807) is 37.3 Å². The van der Waals surface area contributed by atoms with E-state index >= 15 is 0 Å². The maximum atomic E-state index is 12.8. The average Bonchev–Trinajstić information content (AvgIpc) is 3.03. The lowest BCUT2D eigenvalue weighted by molar-refractivity contribution is -0.384. The molecule has 0 fully saturated rings. The Morgan fingerprint density at radius 1 is 1.13 bits per heavy atom. The van der Waals surface area contributed by atoms with Crippen molar-refractivity contribution in [1.82, 2.24) is 0 Å². The number of fused-ring (bicyclic) bond motifs is 1.